The molecule has 1 aliphatic rings. The lowest BCUT2D eigenvalue weighted by Gasteiger charge is -2.14. The molecule has 1 saturated carbocycles. The van der Waals surface area contributed by atoms with Crippen LogP contribution in [-0.4, -0.2) is 42.7 Å². The fourth-order valence-electron chi connectivity index (χ4n) is 2.57. The normalized spacial score (nSPS) is 14.3. The predicted molar refractivity (Wildman–Crippen MR) is 113 cm³/mol. The van der Waals surface area contributed by atoms with Crippen molar-refractivity contribution in [2.75, 3.05) is 24.3 Å². The Kier molecular flexibility index (Phi) is 4.36. The van der Waals surface area contributed by atoms with Gasteiger partial charge in [-0.3, -0.25) is 5.10 Å². The maximum atomic E-state index is 11.5. The van der Waals surface area contributed by atoms with Gasteiger partial charge in [0, 0.05) is 43.5 Å². The van der Waals surface area contributed by atoms with Crippen molar-refractivity contribution in [3.05, 3.63) is 30.0 Å². The van der Waals surface area contributed by atoms with Gasteiger partial charge >= 0.3 is 0 Å². The minimum Gasteiger partial charge on any atom is -0.363 e. The molecular weight excluding hydrogens is 386 g/mol. The van der Waals surface area contributed by atoms with Crippen molar-refractivity contribution >= 4 is 38.8 Å². The summed E-state index contributed by atoms with van der Waals surface area (Å²) >= 11 is 1.04. The molecule has 0 atom stereocenters. The van der Waals surface area contributed by atoms with Crippen molar-refractivity contribution in [2.45, 2.75) is 23.0 Å². The summed E-state index contributed by atoms with van der Waals surface area (Å²) in [5.74, 6) is 2.94. The van der Waals surface area contributed by atoms with Crippen LogP contribution in [0.4, 0.5) is 17.5 Å². The molecule has 0 spiro atoms. The molecule has 0 radical (unpaired) electrons. The fourth-order valence-corrected chi connectivity index (χ4v) is 4.23. The molecule has 9 nitrogen and oxygen atoms in total. The van der Waals surface area contributed by atoms with Gasteiger partial charge < -0.3 is 10.2 Å². The van der Waals surface area contributed by atoms with Gasteiger partial charge in [0.15, 0.2) is 11.6 Å². The van der Waals surface area contributed by atoms with E-state index in [1.165, 1.54) is 18.9 Å². The Morgan fingerprint density at radius 2 is 2.04 bits per heavy atom. The summed E-state index contributed by atoms with van der Waals surface area (Å²) in [6, 6.07) is 6.91. The maximum Gasteiger partial charge on any atom is 0.247 e. The van der Waals surface area contributed by atoms with Crippen LogP contribution in [0.3, 0.4) is 0 Å². The average molecular weight is 414 g/mol. The van der Waals surface area contributed by atoms with E-state index in [1.807, 2.05) is 31.1 Å². The van der Waals surface area contributed by atoms with E-state index in [-0.39, 0.29) is 9.92 Å². The molecule has 4 N–H and O–H groups in total. The van der Waals surface area contributed by atoms with E-state index < -0.39 is 10.0 Å². The quantitative estimate of drug-likeness (QED) is 0.565. The lowest BCUT2D eigenvalue weighted by molar-refractivity contribution is 0.600. The third kappa shape index (κ3) is 3.94. The topological polar surface area (TPSA) is 130 Å². The summed E-state index contributed by atoms with van der Waals surface area (Å²) in [4.78, 5) is 11.5. The molecule has 0 saturated heterocycles. The molecule has 0 bridgehead atoms. The number of aromatic nitrogens is 4. The lowest BCUT2D eigenvalue weighted by atomic mass is 10.3. The maximum absolute atomic E-state index is 11.5. The number of anilines is 3. The zero-order valence-electron chi connectivity index (χ0n) is 14.8. The summed E-state index contributed by atoms with van der Waals surface area (Å²) in [7, 11) is -0.00218. The molecule has 3 heterocycles. The van der Waals surface area contributed by atoms with Gasteiger partial charge in [-0.15, -0.1) is 11.3 Å². The van der Waals surface area contributed by atoms with Crippen LogP contribution in [-0.2, 0) is 10.0 Å². The van der Waals surface area contributed by atoms with Crippen molar-refractivity contribution in [1.82, 2.24) is 20.2 Å². The molecular formula is C16H27N7O2S2. The van der Waals surface area contributed by atoms with Crippen molar-refractivity contribution < 1.29 is 14.1 Å². The standard InChI is InChI=1S/C16H19N7O2S2.4H2/c1-23(2)14-8-12(18-13-7-10(21-22-13)9-3-4-9)19-16(20-14)11-5-6-15(26-11)27(17,24)25;;;;/h5-9H,3-4H2,1-2H3,(H2,17,24,25)(H2,18,19,20,21,22);4*1H. The molecule has 3 aromatic rings. The first-order chi connectivity index (χ1) is 12.8. The number of aromatic amines is 1. The number of hydrogen-bond acceptors (Lipinski definition) is 8. The second-order valence-electron chi connectivity index (χ2n) is 6.60. The molecule has 0 aromatic carbocycles. The smallest absolute Gasteiger partial charge is 0.247 e. The molecule has 0 amide bonds. The van der Waals surface area contributed by atoms with Crippen molar-refractivity contribution in [1.29, 1.82) is 0 Å². The third-order valence-corrected chi connectivity index (χ3v) is 6.64. The minimum absolute atomic E-state index is 0. The van der Waals surface area contributed by atoms with Gasteiger partial charge in [0.2, 0.25) is 10.0 Å². The van der Waals surface area contributed by atoms with Gasteiger partial charge in [0.1, 0.15) is 15.8 Å². The first-order valence-corrected chi connectivity index (χ1v) is 10.7. The number of nitrogens with one attached hydrogen (secondary N) is 2. The Bertz CT molecular complexity index is 1100. The van der Waals surface area contributed by atoms with Crippen molar-refractivity contribution in [3.63, 3.8) is 0 Å². The van der Waals surface area contributed by atoms with E-state index >= 15 is 0 Å². The molecule has 4 rings (SSSR count). The highest BCUT2D eigenvalue weighted by Crippen LogP contribution is 2.39. The third-order valence-electron chi connectivity index (χ3n) is 4.12. The number of hydrogen-bond donors (Lipinski definition) is 3. The van der Waals surface area contributed by atoms with E-state index in [0.29, 0.717) is 34.1 Å². The van der Waals surface area contributed by atoms with Gasteiger partial charge in [0.25, 0.3) is 0 Å². The van der Waals surface area contributed by atoms with Crippen LogP contribution >= 0.6 is 11.3 Å². The predicted octanol–water partition coefficient (Wildman–Crippen LogP) is 3.25. The number of thiophene rings is 1. The Morgan fingerprint density at radius 1 is 1.26 bits per heavy atom. The fraction of sp³-hybridized carbons (Fsp3) is 0.312. The Hall–Kier alpha value is -2.50. The number of nitrogens with zero attached hydrogens (tertiary/aromatic N) is 4. The summed E-state index contributed by atoms with van der Waals surface area (Å²) < 4.78 is 23.2. The van der Waals surface area contributed by atoms with Crippen LogP contribution in [0.1, 0.15) is 30.2 Å². The van der Waals surface area contributed by atoms with E-state index in [1.54, 1.807) is 6.07 Å². The number of H-pyrrole nitrogens is 1. The van der Waals surface area contributed by atoms with E-state index in [9.17, 15) is 8.42 Å². The second-order valence-corrected chi connectivity index (χ2v) is 9.47. The highest BCUT2D eigenvalue weighted by molar-refractivity contribution is 7.91. The van der Waals surface area contributed by atoms with Gasteiger partial charge in [-0.05, 0) is 25.0 Å². The Labute approximate surface area is 166 Å². The highest BCUT2D eigenvalue weighted by Gasteiger charge is 2.25. The number of rotatable bonds is 6. The second kappa shape index (κ2) is 6.59. The Balaban J connectivity index is 0.00000225. The van der Waals surface area contributed by atoms with E-state index in [0.717, 1.165) is 17.0 Å². The van der Waals surface area contributed by atoms with Crippen LogP contribution in [0.2, 0.25) is 0 Å². The SMILES string of the molecule is CN(C)c1cc(Nc2cc(C3CC3)[nH]n2)nc(-c2ccc(S(N)(=O)=O)s2)n1.[HH].[HH].[HH].[HH]. The van der Waals surface area contributed by atoms with E-state index in [2.05, 4.69) is 25.5 Å². The highest BCUT2D eigenvalue weighted by atomic mass is 32.2. The molecule has 3 aromatic heterocycles. The van der Waals surface area contributed by atoms with Crippen LogP contribution in [0.5, 0.6) is 0 Å². The van der Waals surface area contributed by atoms with Crippen molar-refractivity contribution in [2.24, 2.45) is 5.14 Å². The molecule has 27 heavy (non-hydrogen) atoms. The molecule has 1 fully saturated rings. The first kappa shape index (κ1) is 17.9. The monoisotopic (exact) mass is 413 g/mol. The first-order valence-electron chi connectivity index (χ1n) is 8.31. The average Bonchev–Trinajstić information content (AvgIpc) is 3.14. The zero-order chi connectivity index (χ0) is 19.2. The summed E-state index contributed by atoms with van der Waals surface area (Å²) in [6.07, 6.45) is 2.38. The van der Waals surface area contributed by atoms with Crippen LogP contribution in [0, 0.1) is 0 Å². The van der Waals surface area contributed by atoms with Gasteiger partial charge in [-0.2, -0.15) is 5.10 Å². The van der Waals surface area contributed by atoms with Gasteiger partial charge in [-0.1, -0.05) is 0 Å². The summed E-state index contributed by atoms with van der Waals surface area (Å²) in [6.45, 7) is 0. The molecule has 11 heteroatoms. The largest absolute Gasteiger partial charge is 0.363 e. The van der Waals surface area contributed by atoms with E-state index in [4.69, 9.17) is 5.14 Å². The zero-order valence-corrected chi connectivity index (χ0v) is 16.4. The molecule has 1 aliphatic carbocycles. The summed E-state index contributed by atoms with van der Waals surface area (Å²) in [5, 5.41) is 15.7. The summed E-state index contributed by atoms with van der Waals surface area (Å²) in [5.41, 5.74) is 1.12. The lowest BCUT2D eigenvalue weighted by Crippen LogP contribution is -2.12. The van der Waals surface area contributed by atoms with Crippen molar-refractivity contribution in [3.8, 4) is 10.7 Å². The number of primary sulfonamides is 1. The minimum atomic E-state index is -3.75. The van der Waals surface area contributed by atoms with Gasteiger partial charge in [0.05, 0.1) is 4.88 Å². The Morgan fingerprint density at radius 3 is 2.67 bits per heavy atom. The molecule has 150 valence electrons. The van der Waals surface area contributed by atoms with Crippen LogP contribution in [0.15, 0.2) is 28.5 Å². The van der Waals surface area contributed by atoms with Crippen LogP contribution < -0.4 is 15.4 Å². The number of sulfonamides is 1. The molecule has 0 aliphatic heterocycles. The molecule has 0 unspecified atom stereocenters. The number of nitrogens with two attached hydrogens (primary N) is 1. The van der Waals surface area contributed by atoms with Crippen LogP contribution in [0.25, 0.3) is 10.7 Å². The van der Waals surface area contributed by atoms with Gasteiger partial charge in [-0.25, -0.2) is 23.5 Å².